The van der Waals surface area contributed by atoms with Crippen molar-refractivity contribution in [3.05, 3.63) is 41.8 Å². The highest BCUT2D eigenvalue weighted by Crippen LogP contribution is 2.26. The summed E-state index contributed by atoms with van der Waals surface area (Å²) in [5.74, 6) is 0.175. The minimum absolute atomic E-state index is 0. The molecule has 1 amide bonds. The van der Waals surface area contributed by atoms with Gasteiger partial charge in [0.1, 0.15) is 6.04 Å². The number of hydrogen-bond acceptors (Lipinski definition) is 7. The Hall–Kier alpha value is -1.90. The van der Waals surface area contributed by atoms with Gasteiger partial charge in [0.05, 0.1) is 0 Å². The van der Waals surface area contributed by atoms with Gasteiger partial charge in [0.2, 0.25) is 11.7 Å². The fourth-order valence-corrected chi connectivity index (χ4v) is 4.02. The third-order valence-electron chi connectivity index (χ3n) is 4.85. The number of thioether (sulfide) groups is 1. The van der Waals surface area contributed by atoms with Crippen LogP contribution in [0.1, 0.15) is 54.4 Å². The lowest BCUT2D eigenvalue weighted by Crippen LogP contribution is -2.38. The first-order chi connectivity index (χ1) is 13.7. The van der Waals surface area contributed by atoms with Crippen molar-refractivity contribution in [2.75, 3.05) is 19.3 Å². The van der Waals surface area contributed by atoms with Gasteiger partial charge in [0, 0.05) is 18.2 Å². The van der Waals surface area contributed by atoms with Crippen LogP contribution < -0.4 is 10.6 Å². The maximum Gasteiger partial charge on any atom is 0.287 e. The normalized spacial score (nSPS) is 15.3. The van der Waals surface area contributed by atoms with E-state index < -0.39 is 6.04 Å². The molecule has 0 aliphatic heterocycles. The van der Waals surface area contributed by atoms with Crippen LogP contribution in [0, 0.1) is 5.92 Å². The van der Waals surface area contributed by atoms with Crippen molar-refractivity contribution >= 4 is 35.9 Å². The summed E-state index contributed by atoms with van der Waals surface area (Å²) in [4.78, 5) is 25.8. The smallest absolute Gasteiger partial charge is 0.287 e. The summed E-state index contributed by atoms with van der Waals surface area (Å²) < 4.78 is 5.53. The van der Waals surface area contributed by atoms with Gasteiger partial charge >= 0.3 is 0 Å². The molecule has 1 aromatic heterocycles. The third-order valence-corrected chi connectivity index (χ3v) is 5.67. The highest BCUT2D eigenvalue weighted by molar-refractivity contribution is 7.99. The van der Waals surface area contributed by atoms with Gasteiger partial charge < -0.3 is 15.1 Å². The van der Waals surface area contributed by atoms with Crippen LogP contribution in [-0.4, -0.2) is 41.2 Å². The Morgan fingerprint density at radius 2 is 1.90 bits per heavy atom. The summed E-state index contributed by atoms with van der Waals surface area (Å²) >= 11 is 1.39. The van der Waals surface area contributed by atoms with Gasteiger partial charge in [0.25, 0.3) is 11.1 Å². The highest BCUT2D eigenvalue weighted by atomic mass is 35.5. The summed E-state index contributed by atoms with van der Waals surface area (Å²) in [6.45, 7) is 0.792. The second-order valence-electron chi connectivity index (χ2n) is 6.88. The Labute approximate surface area is 181 Å². The molecular formula is C20H27ClN4O3S. The first-order valence-corrected chi connectivity index (χ1v) is 10.7. The molecule has 1 aliphatic carbocycles. The molecule has 1 aliphatic rings. The van der Waals surface area contributed by atoms with Crippen LogP contribution in [0.15, 0.2) is 40.0 Å². The fraction of sp³-hybridized carbons (Fsp3) is 0.500. The maximum atomic E-state index is 13.1. The molecule has 1 fully saturated rings. The van der Waals surface area contributed by atoms with E-state index in [0.717, 1.165) is 38.0 Å². The molecule has 0 saturated heterocycles. The Bertz CT molecular complexity index is 781. The summed E-state index contributed by atoms with van der Waals surface area (Å²) in [6.07, 6.45) is 5.02. The molecule has 1 atom stereocenters. The molecule has 0 radical (unpaired) electrons. The van der Waals surface area contributed by atoms with Crippen molar-refractivity contribution in [3.8, 4) is 0 Å². The molecule has 1 saturated carbocycles. The summed E-state index contributed by atoms with van der Waals surface area (Å²) in [6, 6.07) is 8.37. The molecule has 9 heteroatoms. The minimum Gasteiger partial charge on any atom is -0.408 e. The van der Waals surface area contributed by atoms with Crippen LogP contribution in [0.4, 0.5) is 0 Å². The van der Waals surface area contributed by atoms with Gasteiger partial charge in [-0.25, -0.2) is 0 Å². The molecule has 2 aromatic rings. The average molecular weight is 439 g/mol. The number of nitrogens with one attached hydrogen (secondary N) is 2. The molecule has 158 valence electrons. The predicted molar refractivity (Wildman–Crippen MR) is 114 cm³/mol. The predicted octanol–water partition coefficient (Wildman–Crippen LogP) is 3.42. The van der Waals surface area contributed by atoms with E-state index in [4.69, 9.17) is 4.42 Å². The zero-order chi connectivity index (χ0) is 19.8. The third kappa shape index (κ3) is 6.55. The van der Waals surface area contributed by atoms with Crippen LogP contribution in [0.3, 0.4) is 0 Å². The molecule has 0 spiro atoms. The molecular weight excluding hydrogens is 412 g/mol. The number of nitrogens with zero attached hydrogens (tertiary/aromatic N) is 2. The first kappa shape index (κ1) is 23.4. The number of aromatic nitrogens is 2. The second-order valence-corrected chi connectivity index (χ2v) is 7.92. The summed E-state index contributed by atoms with van der Waals surface area (Å²) in [7, 11) is 1.86. The monoisotopic (exact) mass is 438 g/mol. The van der Waals surface area contributed by atoms with E-state index in [9.17, 15) is 9.59 Å². The number of rotatable bonds is 9. The molecule has 2 N–H and O–H groups in total. The van der Waals surface area contributed by atoms with Crippen LogP contribution in [-0.2, 0) is 4.79 Å². The molecule has 0 bridgehead atoms. The number of ketones is 1. The van der Waals surface area contributed by atoms with E-state index in [1.807, 2.05) is 37.4 Å². The van der Waals surface area contributed by atoms with E-state index in [-0.39, 0.29) is 35.9 Å². The number of hydrogen-bond donors (Lipinski definition) is 2. The van der Waals surface area contributed by atoms with Crippen LogP contribution in [0.5, 0.6) is 0 Å². The van der Waals surface area contributed by atoms with Gasteiger partial charge in [-0.15, -0.1) is 22.6 Å². The minimum atomic E-state index is -0.828. The van der Waals surface area contributed by atoms with Crippen LogP contribution >= 0.6 is 24.2 Å². The van der Waals surface area contributed by atoms with Crippen molar-refractivity contribution in [2.45, 2.75) is 43.4 Å². The highest BCUT2D eigenvalue weighted by Gasteiger charge is 2.31. The van der Waals surface area contributed by atoms with E-state index >= 15 is 0 Å². The lowest BCUT2D eigenvalue weighted by molar-refractivity contribution is -0.126. The van der Waals surface area contributed by atoms with Crippen molar-refractivity contribution in [1.29, 1.82) is 0 Å². The Kier molecular flexibility index (Phi) is 9.63. The standard InChI is InChI=1S/C20H26N4O3S.ClH/c1-21-12-13-28-20-24-23-19(27-20)17(25)16(14-8-4-2-5-9-14)22-18(26)15-10-6-3-7-11-15;/h2,4-5,8-9,15-16,21H,3,6-7,10-13H2,1H3,(H,22,26);1H. The topological polar surface area (TPSA) is 97.1 Å². The van der Waals surface area contributed by atoms with E-state index in [0.29, 0.717) is 10.8 Å². The Morgan fingerprint density at radius 3 is 2.59 bits per heavy atom. The van der Waals surface area contributed by atoms with Gasteiger partial charge in [-0.05, 0) is 25.5 Å². The zero-order valence-electron chi connectivity index (χ0n) is 16.4. The number of carbonyl (C=O) groups excluding carboxylic acids is 2. The first-order valence-electron chi connectivity index (χ1n) is 9.69. The molecule has 1 aromatic carbocycles. The molecule has 1 heterocycles. The number of halogens is 1. The number of carbonyl (C=O) groups is 2. The number of amides is 1. The Balaban J connectivity index is 0.00000300. The fourth-order valence-electron chi connectivity index (χ4n) is 3.30. The summed E-state index contributed by atoms with van der Waals surface area (Å²) in [5.41, 5.74) is 0.708. The lowest BCUT2D eigenvalue weighted by Gasteiger charge is -2.24. The van der Waals surface area contributed by atoms with Crippen molar-refractivity contribution in [2.24, 2.45) is 5.92 Å². The van der Waals surface area contributed by atoms with E-state index in [1.54, 1.807) is 0 Å². The van der Waals surface area contributed by atoms with Gasteiger partial charge in [-0.1, -0.05) is 61.4 Å². The second kappa shape index (κ2) is 11.9. The van der Waals surface area contributed by atoms with E-state index in [2.05, 4.69) is 20.8 Å². The number of Topliss-reactive ketones (excluding diaryl/α,β-unsaturated/α-hetero) is 1. The van der Waals surface area contributed by atoms with Crippen LogP contribution in [0.25, 0.3) is 0 Å². The van der Waals surface area contributed by atoms with Crippen LogP contribution in [0.2, 0.25) is 0 Å². The van der Waals surface area contributed by atoms with Gasteiger partial charge in [-0.3, -0.25) is 9.59 Å². The van der Waals surface area contributed by atoms with Gasteiger partial charge in [-0.2, -0.15) is 0 Å². The zero-order valence-corrected chi connectivity index (χ0v) is 18.1. The largest absolute Gasteiger partial charge is 0.408 e. The maximum absolute atomic E-state index is 13.1. The quantitative estimate of drug-likeness (QED) is 0.351. The number of benzene rings is 1. The van der Waals surface area contributed by atoms with Crippen molar-refractivity contribution in [1.82, 2.24) is 20.8 Å². The molecule has 1 unspecified atom stereocenters. The van der Waals surface area contributed by atoms with Gasteiger partial charge in [0.15, 0.2) is 0 Å². The SMILES string of the molecule is CNCCSc1nnc(C(=O)C(NC(=O)C2CCCCC2)c2ccccc2)o1.Cl. The average Bonchev–Trinajstić information content (AvgIpc) is 3.22. The molecule has 29 heavy (non-hydrogen) atoms. The molecule has 7 nitrogen and oxygen atoms in total. The summed E-state index contributed by atoms with van der Waals surface area (Å²) in [5, 5.41) is 14.2. The van der Waals surface area contributed by atoms with Crippen molar-refractivity contribution in [3.63, 3.8) is 0 Å². The Morgan fingerprint density at radius 1 is 1.17 bits per heavy atom. The van der Waals surface area contributed by atoms with Crippen molar-refractivity contribution < 1.29 is 14.0 Å². The van der Waals surface area contributed by atoms with E-state index in [1.165, 1.54) is 18.2 Å². The molecule has 3 rings (SSSR count). The lowest BCUT2D eigenvalue weighted by atomic mass is 9.88.